The lowest BCUT2D eigenvalue weighted by atomic mass is 10.1. The van der Waals surface area contributed by atoms with Crippen molar-refractivity contribution in [3.05, 3.63) is 23.8 Å². The first-order valence-electron chi connectivity index (χ1n) is 7.22. The quantitative estimate of drug-likeness (QED) is 0.616. The third-order valence-corrected chi connectivity index (χ3v) is 3.44. The molecule has 0 aliphatic carbocycles. The summed E-state index contributed by atoms with van der Waals surface area (Å²) in [4.78, 5) is 35.3. The lowest BCUT2D eigenvalue weighted by Crippen LogP contribution is -2.50. The van der Waals surface area contributed by atoms with Crippen LogP contribution in [0.25, 0.3) is 0 Å². The fourth-order valence-electron chi connectivity index (χ4n) is 2.19. The highest BCUT2D eigenvalue weighted by atomic mass is 16.3. The van der Waals surface area contributed by atoms with E-state index >= 15 is 0 Å². The summed E-state index contributed by atoms with van der Waals surface area (Å²) in [6, 6.07) is 3.63. The Morgan fingerprint density at radius 2 is 2.18 bits per heavy atom. The Kier molecular flexibility index (Phi) is 4.98. The zero-order chi connectivity index (χ0) is 16.1. The van der Waals surface area contributed by atoms with Crippen molar-refractivity contribution in [3.8, 4) is 5.75 Å². The average molecular weight is 305 g/mol. The number of phenolic OH excluding ortho intramolecular Hbond substituents is 1. The summed E-state index contributed by atoms with van der Waals surface area (Å²) in [6.07, 6.45) is 1.66. The number of benzene rings is 1. The number of carbonyl (C=O) groups is 3. The number of amides is 3. The van der Waals surface area contributed by atoms with Gasteiger partial charge < -0.3 is 21.1 Å². The van der Waals surface area contributed by atoms with Gasteiger partial charge in [0.25, 0.3) is 5.91 Å². The molecule has 1 heterocycles. The van der Waals surface area contributed by atoms with Crippen LogP contribution >= 0.6 is 0 Å². The SMILES string of the molecule is CCC(=O)Nc1ccc(O)c(C(=O)N[C@H]2CCCNC2=O)c1. The molecule has 1 fully saturated rings. The third-order valence-electron chi connectivity index (χ3n) is 3.44. The Bertz CT molecular complexity index is 600. The van der Waals surface area contributed by atoms with Crippen LogP contribution in [0.1, 0.15) is 36.5 Å². The van der Waals surface area contributed by atoms with E-state index in [1.54, 1.807) is 6.92 Å². The molecule has 1 aliphatic heterocycles. The summed E-state index contributed by atoms with van der Waals surface area (Å²) in [5, 5.41) is 17.7. The molecule has 1 aromatic carbocycles. The maximum absolute atomic E-state index is 12.2. The molecule has 1 atom stereocenters. The number of anilines is 1. The number of phenols is 1. The van der Waals surface area contributed by atoms with Gasteiger partial charge in [-0.15, -0.1) is 0 Å². The number of rotatable bonds is 4. The highest BCUT2D eigenvalue weighted by molar-refractivity contribution is 6.01. The van der Waals surface area contributed by atoms with Crippen molar-refractivity contribution in [3.63, 3.8) is 0 Å². The van der Waals surface area contributed by atoms with Gasteiger partial charge in [-0.25, -0.2) is 0 Å². The van der Waals surface area contributed by atoms with Crippen molar-refractivity contribution in [1.29, 1.82) is 0 Å². The second kappa shape index (κ2) is 6.93. The lowest BCUT2D eigenvalue weighted by molar-refractivity contribution is -0.124. The molecule has 0 unspecified atom stereocenters. The molecule has 0 aromatic heterocycles. The van der Waals surface area contributed by atoms with Crippen LogP contribution in [0.5, 0.6) is 5.75 Å². The van der Waals surface area contributed by atoms with E-state index in [0.717, 1.165) is 6.42 Å². The molecule has 7 nitrogen and oxygen atoms in total. The van der Waals surface area contributed by atoms with Gasteiger partial charge in [0.1, 0.15) is 11.8 Å². The predicted octanol–water partition coefficient (Wildman–Crippen LogP) is 0.749. The van der Waals surface area contributed by atoms with E-state index in [4.69, 9.17) is 0 Å². The van der Waals surface area contributed by atoms with Crippen LogP contribution in [-0.4, -0.2) is 35.4 Å². The maximum atomic E-state index is 12.2. The van der Waals surface area contributed by atoms with E-state index < -0.39 is 11.9 Å². The number of piperidine rings is 1. The van der Waals surface area contributed by atoms with E-state index in [9.17, 15) is 19.5 Å². The van der Waals surface area contributed by atoms with Crippen LogP contribution in [0.15, 0.2) is 18.2 Å². The minimum Gasteiger partial charge on any atom is -0.507 e. The first kappa shape index (κ1) is 15.8. The van der Waals surface area contributed by atoms with Crippen LogP contribution in [0.2, 0.25) is 0 Å². The van der Waals surface area contributed by atoms with E-state index in [-0.39, 0.29) is 23.1 Å². The Balaban J connectivity index is 2.12. The molecule has 4 N–H and O–H groups in total. The number of hydrogen-bond acceptors (Lipinski definition) is 4. The second-order valence-electron chi connectivity index (χ2n) is 5.09. The summed E-state index contributed by atoms with van der Waals surface area (Å²) in [5.74, 6) is -1.17. The summed E-state index contributed by atoms with van der Waals surface area (Å²) >= 11 is 0. The van der Waals surface area contributed by atoms with Gasteiger partial charge in [-0.05, 0) is 31.0 Å². The molecule has 0 spiro atoms. The van der Waals surface area contributed by atoms with Gasteiger partial charge in [-0.2, -0.15) is 0 Å². The van der Waals surface area contributed by atoms with Crippen LogP contribution < -0.4 is 16.0 Å². The van der Waals surface area contributed by atoms with Gasteiger partial charge in [0.2, 0.25) is 11.8 Å². The molecule has 1 aromatic rings. The van der Waals surface area contributed by atoms with Crippen molar-refractivity contribution < 1.29 is 19.5 Å². The molecule has 1 saturated heterocycles. The predicted molar refractivity (Wildman–Crippen MR) is 80.5 cm³/mol. The summed E-state index contributed by atoms with van der Waals surface area (Å²) in [7, 11) is 0. The summed E-state index contributed by atoms with van der Waals surface area (Å²) in [5.41, 5.74) is 0.440. The molecular weight excluding hydrogens is 286 g/mol. The fraction of sp³-hybridized carbons (Fsp3) is 0.400. The van der Waals surface area contributed by atoms with E-state index in [2.05, 4.69) is 16.0 Å². The molecular formula is C15H19N3O4. The molecule has 0 bridgehead atoms. The molecule has 3 amide bonds. The lowest BCUT2D eigenvalue weighted by Gasteiger charge is -2.23. The van der Waals surface area contributed by atoms with Crippen LogP contribution in [0.3, 0.4) is 0 Å². The number of aromatic hydroxyl groups is 1. The Hall–Kier alpha value is -2.57. The molecule has 118 valence electrons. The van der Waals surface area contributed by atoms with Crippen LogP contribution in [0.4, 0.5) is 5.69 Å². The summed E-state index contributed by atoms with van der Waals surface area (Å²) in [6.45, 7) is 2.32. The largest absolute Gasteiger partial charge is 0.507 e. The highest BCUT2D eigenvalue weighted by Crippen LogP contribution is 2.22. The second-order valence-corrected chi connectivity index (χ2v) is 5.09. The maximum Gasteiger partial charge on any atom is 0.255 e. The zero-order valence-electron chi connectivity index (χ0n) is 12.3. The van der Waals surface area contributed by atoms with Crippen molar-refractivity contribution in [2.24, 2.45) is 0 Å². The average Bonchev–Trinajstić information content (AvgIpc) is 2.51. The molecule has 1 aliphatic rings. The van der Waals surface area contributed by atoms with Crippen molar-refractivity contribution in [2.75, 3.05) is 11.9 Å². The Labute approximate surface area is 128 Å². The van der Waals surface area contributed by atoms with Crippen LogP contribution in [0, 0.1) is 0 Å². The summed E-state index contributed by atoms with van der Waals surface area (Å²) < 4.78 is 0. The van der Waals surface area contributed by atoms with Crippen molar-refractivity contribution >= 4 is 23.4 Å². The fourth-order valence-corrected chi connectivity index (χ4v) is 2.19. The first-order valence-corrected chi connectivity index (χ1v) is 7.22. The van der Waals surface area contributed by atoms with Gasteiger partial charge in [0.15, 0.2) is 0 Å². The van der Waals surface area contributed by atoms with Gasteiger partial charge in [-0.1, -0.05) is 6.92 Å². The standard InChI is InChI=1S/C15H19N3O4/c1-2-13(20)17-9-5-6-12(19)10(8-9)14(21)18-11-4-3-7-16-15(11)22/h5-6,8,11,19H,2-4,7H2,1H3,(H,16,22)(H,17,20)(H,18,21)/t11-/m0/s1. The monoisotopic (exact) mass is 305 g/mol. The van der Waals surface area contributed by atoms with Crippen LogP contribution in [-0.2, 0) is 9.59 Å². The van der Waals surface area contributed by atoms with Gasteiger partial charge >= 0.3 is 0 Å². The van der Waals surface area contributed by atoms with Gasteiger partial charge in [0, 0.05) is 18.7 Å². The molecule has 0 saturated carbocycles. The topological polar surface area (TPSA) is 108 Å². The number of nitrogens with one attached hydrogen (secondary N) is 3. The van der Waals surface area contributed by atoms with Crippen molar-refractivity contribution in [2.45, 2.75) is 32.2 Å². The van der Waals surface area contributed by atoms with E-state index in [0.29, 0.717) is 25.1 Å². The zero-order valence-corrected chi connectivity index (χ0v) is 12.3. The third kappa shape index (κ3) is 3.75. The van der Waals surface area contributed by atoms with Gasteiger partial charge in [-0.3, -0.25) is 14.4 Å². The van der Waals surface area contributed by atoms with Crippen molar-refractivity contribution in [1.82, 2.24) is 10.6 Å². The van der Waals surface area contributed by atoms with E-state index in [1.165, 1.54) is 18.2 Å². The minimum absolute atomic E-state index is 0.0206. The molecule has 2 rings (SSSR count). The van der Waals surface area contributed by atoms with Gasteiger partial charge in [0.05, 0.1) is 5.56 Å². The smallest absolute Gasteiger partial charge is 0.255 e. The van der Waals surface area contributed by atoms with E-state index in [1.807, 2.05) is 0 Å². The molecule has 22 heavy (non-hydrogen) atoms. The molecule has 7 heteroatoms. The normalized spacial score (nSPS) is 17.5. The number of carbonyl (C=O) groups excluding carboxylic acids is 3. The Morgan fingerprint density at radius 1 is 1.41 bits per heavy atom. The first-order chi connectivity index (χ1) is 10.5. The highest BCUT2D eigenvalue weighted by Gasteiger charge is 2.25. The Morgan fingerprint density at radius 3 is 2.86 bits per heavy atom. The number of hydrogen-bond donors (Lipinski definition) is 4. The molecule has 0 radical (unpaired) electrons. The minimum atomic E-state index is -0.602.